The Morgan fingerprint density at radius 3 is 2.86 bits per heavy atom. The van der Waals surface area contributed by atoms with Gasteiger partial charge >= 0.3 is 0 Å². The number of hydrogen-bond donors (Lipinski definition) is 1. The molecule has 4 nitrogen and oxygen atoms in total. The van der Waals surface area contributed by atoms with E-state index >= 15 is 0 Å². The Morgan fingerprint density at radius 2 is 2.43 bits per heavy atom. The quantitative estimate of drug-likeness (QED) is 0.792. The number of halogens is 1. The predicted octanol–water partition coefficient (Wildman–Crippen LogP) is 1.20. The van der Waals surface area contributed by atoms with Gasteiger partial charge in [0.05, 0.1) is 24.8 Å². The fourth-order valence-corrected chi connectivity index (χ4v) is 2.43. The number of aromatic nitrogens is 1. The van der Waals surface area contributed by atoms with Gasteiger partial charge in [0.25, 0.3) is 0 Å². The normalized spacial score (nSPS) is 22.1. The molecule has 76 valence electrons. The van der Waals surface area contributed by atoms with Crippen LogP contribution in [0.3, 0.4) is 0 Å². The van der Waals surface area contributed by atoms with Crippen LogP contribution in [-0.2, 0) is 4.79 Å². The SMILES string of the molecule is Cc1nc(N2CC(O)CC2=O)sc1Cl. The molecule has 1 atom stereocenters. The van der Waals surface area contributed by atoms with Gasteiger partial charge < -0.3 is 5.11 Å². The molecule has 1 fully saturated rings. The van der Waals surface area contributed by atoms with Crippen LogP contribution in [0, 0.1) is 6.92 Å². The first-order valence-corrected chi connectivity index (χ1v) is 5.38. The molecule has 2 heterocycles. The largest absolute Gasteiger partial charge is 0.391 e. The van der Waals surface area contributed by atoms with Gasteiger partial charge in [-0.3, -0.25) is 9.69 Å². The highest BCUT2D eigenvalue weighted by Crippen LogP contribution is 2.32. The molecule has 0 spiro atoms. The summed E-state index contributed by atoms with van der Waals surface area (Å²) in [5.41, 5.74) is 0.723. The Labute approximate surface area is 90.1 Å². The molecule has 1 aliphatic rings. The zero-order valence-electron chi connectivity index (χ0n) is 7.53. The van der Waals surface area contributed by atoms with Gasteiger partial charge in [0.2, 0.25) is 5.91 Å². The van der Waals surface area contributed by atoms with E-state index in [1.165, 1.54) is 16.2 Å². The molecule has 0 aliphatic carbocycles. The van der Waals surface area contributed by atoms with Crippen LogP contribution >= 0.6 is 22.9 Å². The molecule has 0 saturated carbocycles. The van der Waals surface area contributed by atoms with E-state index in [-0.39, 0.29) is 12.3 Å². The van der Waals surface area contributed by atoms with Crippen LogP contribution in [0.15, 0.2) is 0 Å². The Hall–Kier alpha value is -0.650. The number of carbonyl (C=O) groups excluding carboxylic acids is 1. The summed E-state index contributed by atoms with van der Waals surface area (Å²) >= 11 is 7.11. The maximum atomic E-state index is 11.4. The van der Waals surface area contributed by atoms with Gasteiger partial charge in [-0.05, 0) is 6.92 Å². The second-order valence-corrected chi connectivity index (χ2v) is 4.80. The average molecular weight is 233 g/mol. The molecule has 14 heavy (non-hydrogen) atoms. The smallest absolute Gasteiger partial charge is 0.231 e. The van der Waals surface area contributed by atoms with Gasteiger partial charge in [-0.25, -0.2) is 4.98 Å². The van der Waals surface area contributed by atoms with Crippen LogP contribution in [0.5, 0.6) is 0 Å². The number of aliphatic hydroxyl groups is 1. The van der Waals surface area contributed by atoms with E-state index in [0.717, 1.165) is 5.69 Å². The lowest BCUT2D eigenvalue weighted by atomic mass is 10.3. The number of amides is 1. The van der Waals surface area contributed by atoms with E-state index in [1.54, 1.807) is 6.92 Å². The number of aryl methyl sites for hydroxylation is 1. The number of thiazole rings is 1. The third-order valence-electron chi connectivity index (χ3n) is 2.06. The Morgan fingerprint density at radius 1 is 1.71 bits per heavy atom. The van der Waals surface area contributed by atoms with Crippen LogP contribution in [-0.4, -0.2) is 28.6 Å². The first kappa shape index (κ1) is 9.89. The molecular weight excluding hydrogens is 224 g/mol. The summed E-state index contributed by atoms with van der Waals surface area (Å²) in [6, 6.07) is 0. The molecule has 1 amide bonds. The van der Waals surface area contributed by atoms with Crippen molar-refractivity contribution in [3.05, 3.63) is 10.0 Å². The minimum atomic E-state index is -0.578. The van der Waals surface area contributed by atoms with E-state index < -0.39 is 6.10 Å². The molecule has 1 aromatic heterocycles. The number of hydrogen-bond acceptors (Lipinski definition) is 4. The summed E-state index contributed by atoms with van der Waals surface area (Å²) in [5.74, 6) is -0.0945. The lowest BCUT2D eigenvalue weighted by Crippen LogP contribution is -2.24. The topological polar surface area (TPSA) is 53.4 Å². The molecule has 1 saturated heterocycles. The van der Waals surface area contributed by atoms with Crippen molar-refractivity contribution in [2.24, 2.45) is 0 Å². The Balaban J connectivity index is 2.27. The maximum Gasteiger partial charge on any atom is 0.231 e. The van der Waals surface area contributed by atoms with E-state index in [4.69, 9.17) is 11.6 Å². The van der Waals surface area contributed by atoms with Gasteiger partial charge in [-0.2, -0.15) is 0 Å². The number of β-amino-alcohol motifs (C(OH)–C–C–N with tert-alkyl or cyclic N) is 1. The number of carbonyl (C=O) groups is 1. The van der Waals surface area contributed by atoms with E-state index in [0.29, 0.717) is 16.0 Å². The first-order valence-electron chi connectivity index (χ1n) is 4.19. The number of nitrogens with zero attached hydrogens (tertiary/aromatic N) is 2. The van der Waals surface area contributed by atoms with Crippen LogP contribution < -0.4 is 4.90 Å². The molecule has 1 unspecified atom stereocenters. The predicted molar refractivity (Wildman–Crippen MR) is 54.8 cm³/mol. The van der Waals surface area contributed by atoms with Crippen molar-refractivity contribution in [1.29, 1.82) is 0 Å². The van der Waals surface area contributed by atoms with Crippen LogP contribution in [0.25, 0.3) is 0 Å². The maximum absolute atomic E-state index is 11.4. The second-order valence-electron chi connectivity index (χ2n) is 3.22. The minimum Gasteiger partial charge on any atom is -0.391 e. The third kappa shape index (κ3) is 1.63. The minimum absolute atomic E-state index is 0.0945. The number of aliphatic hydroxyl groups excluding tert-OH is 1. The zero-order valence-corrected chi connectivity index (χ0v) is 9.10. The average Bonchev–Trinajstić information content (AvgIpc) is 2.57. The molecule has 6 heteroatoms. The van der Waals surface area contributed by atoms with Crippen molar-refractivity contribution < 1.29 is 9.90 Å². The molecule has 1 N–H and O–H groups in total. The standard InChI is InChI=1S/C8H9ClN2O2S/c1-4-7(9)14-8(10-4)11-3-5(12)2-6(11)13/h5,12H,2-3H2,1H3. The molecule has 2 rings (SSSR count). The van der Waals surface area contributed by atoms with Gasteiger partial charge in [-0.1, -0.05) is 22.9 Å². The summed E-state index contributed by atoms with van der Waals surface area (Å²) in [6.07, 6.45) is -0.401. The first-order chi connectivity index (χ1) is 6.58. The Kier molecular flexibility index (Phi) is 2.47. The second kappa shape index (κ2) is 3.49. The Bertz CT molecular complexity index is 360. The van der Waals surface area contributed by atoms with Crippen LogP contribution in [0.2, 0.25) is 4.34 Å². The highest BCUT2D eigenvalue weighted by atomic mass is 35.5. The van der Waals surface area contributed by atoms with Gasteiger partial charge in [0.15, 0.2) is 5.13 Å². The van der Waals surface area contributed by atoms with Crippen molar-refractivity contribution in [3.63, 3.8) is 0 Å². The fraction of sp³-hybridized carbons (Fsp3) is 0.500. The summed E-state index contributed by atoms with van der Waals surface area (Å²) in [5, 5.41) is 9.87. The van der Waals surface area contributed by atoms with Crippen LogP contribution in [0.1, 0.15) is 12.1 Å². The van der Waals surface area contributed by atoms with Crippen molar-refractivity contribution in [1.82, 2.24) is 4.98 Å². The van der Waals surface area contributed by atoms with E-state index in [1.807, 2.05) is 0 Å². The summed E-state index contributed by atoms with van der Waals surface area (Å²) < 4.78 is 0.592. The fourth-order valence-electron chi connectivity index (χ4n) is 1.35. The molecular formula is C8H9ClN2O2S. The molecule has 1 aliphatic heterocycles. The number of rotatable bonds is 1. The van der Waals surface area contributed by atoms with Gasteiger partial charge in [-0.15, -0.1) is 0 Å². The zero-order chi connectivity index (χ0) is 10.3. The van der Waals surface area contributed by atoms with E-state index in [9.17, 15) is 9.90 Å². The van der Waals surface area contributed by atoms with Crippen LogP contribution in [0.4, 0.5) is 5.13 Å². The number of anilines is 1. The third-order valence-corrected chi connectivity index (χ3v) is 3.54. The summed E-state index contributed by atoms with van der Waals surface area (Å²) in [7, 11) is 0. The molecule has 0 aromatic carbocycles. The lowest BCUT2D eigenvalue weighted by Gasteiger charge is -2.10. The highest BCUT2D eigenvalue weighted by molar-refractivity contribution is 7.19. The van der Waals surface area contributed by atoms with Gasteiger partial charge in [0.1, 0.15) is 4.34 Å². The monoisotopic (exact) mass is 232 g/mol. The van der Waals surface area contributed by atoms with Crippen molar-refractivity contribution in [3.8, 4) is 0 Å². The summed E-state index contributed by atoms with van der Waals surface area (Å²) in [6.45, 7) is 2.11. The van der Waals surface area contributed by atoms with E-state index in [2.05, 4.69) is 4.98 Å². The lowest BCUT2D eigenvalue weighted by molar-refractivity contribution is -0.117. The molecule has 0 radical (unpaired) electrons. The van der Waals surface area contributed by atoms with Crippen molar-refractivity contribution in [2.45, 2.75) is 19.4 Å². The molecule has 0 bridgehead atoms. The molecule has 1 aromatic rings. The van der Waals surface area contributed by atoms with Crippen molar-refractivity contribution in [2.75, 3.05) is 11.4 Å². The summed E-state index contributed by atoms with van der Waals surface area (Å²) in [4.78, 5) is 17.0. The van der Waals surface area contributed by atoms with Crippen molar-refractivity contribution >= 4 is 34.0 Å². The highest BCUT2D eigenvalue weighted by Gasteiger charge is 2.31. The van der Waals surface area contributed by atoms with Gasteiger partial charge in [0, 0.05) is 0 Å².